The first-order chi connectivity index (χ1) is 15.5. The summed E-state index contributed by atoms with van der Waals surface area (Å²) in [4.78, 5) is 12.5. The molecule has 32 heavy (non-hydrogen) atoms. The first-order valence-corrected chi connectivity index (χ1v) is 11.3. The molecule has 6 nitrogen and oxygen atoms in total. The van der Waals surface area contributed by atoms with Crippen molar-refractivity contribution in [2.24, 2.45) is 0 Å². The third kappa shape index (κ3) is 5.30. The number of hydrogen-bond acceptors (Lipinski definition) is 5. The molecular weight excluding hydrogens is 444 g/mol. The molecule has 2 aromatic carbocycles. The van der Waals surface area contributed by atoms with Crippen LogP contribution in [0.5, 0.6) is 0 Å². The van der Waals surface area contributed by atoms with Gasteiger partial charge >= 0.3 is 0 Å². The van der Waals surface area contributed by atoms with Gasteiger partial charge in [0.05, 0.1) is 0 Å². The summed E-state index contributed by atoms with van der Waals surface area (Å²) in [6.07, 6.45) is 3.03. The van der Waals surface area contributed by atoms with Crippen LogP contribution in [0, 0.1) is 13.8 Å². The average molecular weight is 465 g/mol. The van der Waals surface area contributed by atoms with Gasteiger partial charge < -0.3 is 4.42 Å². The SMILES string of the molecule is Cc1ccc(-c2ccc(C=CC(=O)Nn3c(C)nnc3SCc3ccccc3)o2)cc1Cl. The van der Waals surface area contributed by atoms with Crippen molar-refractivity contribution in [3.8, 4) is 11.3 Å². The van der Waals surface area contributed by atoms with E-state index in [1.165, 1.54) is 23.4 Å². The fourth-order valence-electron chi connectivity index (χ4n) is 2.94. The quantitative estimate of drug-likeness (QED) is 0.273. The van der Waals surface area contributed by atoms with E-state index in [2.05, 4.69) is 15.6 Å². The highest BCUT2D eigenvalue weighted by atomic mass is 35.5. The van der Waals surface area contributed by atoms with Crippen LogP contribution >= 0.6 is 23.4 Å². The number of aryl methyl sites for hydroxylation is 2. The number of rotatable bonds is 7. The van der Waals surface area contributed by atoms with Crippen molar-refractivity contribution in [1.29, 1.82) is 0 Å². The number of thioether (sulfide) groups is 1. The molecule has 0 bridgehead atoms. The molecule has 0 atom stereocenters. The lowest BCUT2D eigenvalue weighted by Gasteiger charge is -2.08. The van der Waals surface area contributed by atoms with Gasteiger partial charge in [-0.1, -0.05) is 65.8 Å². The van der Waals surface area contributed by atoms with Crippen LogP contribution in [-0.4, -0.2) is 20.8 Å². The minimum atomic E-state index is -0.314. The molecule has 0 fully saturated rings. The summed E-state index contributed by atoms with van der Waals surface area (Å²) in [5.74, 6) is 2.25. The Labute approximate surface area is 195 Å². The number of nitrogens with zero attached hydrogens (tertiary/aromatic N) is 3. The molecule has 0 saturated carbocycles. The lowest BCUT2D eigenvalue weighted by atomic mass is 10.1. The molecule has 0 saturated heterocycles. The fourth-order valence-corrected chi connectivity index (χ4v) is 4.01. The Bertz CT molecular complexity index is 1260. The molecule has 4 aromatic rings. The summed E-state index contributed by atoms with van der Waals surface area (Å²) in [6, 6.07) is 19.5. The third-order valence-corrected chi connectivity index (χ3v) is 6.12. The minimum absolute atomic E-state index is 0.314. The van der Waals surface area contributed by atoms with Gasteiger partial charge in [0.15, 0.2) is 0 Å². The van der Waals surface area contributed by atoms with Crippen LogP contribution in [0.15, 0.2) is 76.3 Å². The largest absolute Gasteiger partial charge is 0.457 e. The zero-order valence-corrected chi connectivity index (χ0v) is 19.2. The van der Waals surface area contributed by atoms with Crippen LogP contribution in [0.3, 0.4) is 0 Å². The van der Waals surface area contributed by atoms with Crippen LogP contribution in [0.2, 0.25) is 5.02 Å². The van der Waals surface area contributed by atoms with Crippen molar-refractivity contribution in [1.82, 2.24) is 14.9 Å². The van der Waals surface area contributed by atoms with Crippen molar-refractivity contribution in [2.75, 3.05) is 5.43 Å². The van der Waals surface area contributed by atoms with Gasteiger partial charge in [-0.2, -0.15) is 0 Å². The van der Waals surface area contributed by atoms with Gasteiger partial charge in [0.25, 0.3) is 5.91 Å². The molecule has 2 heterocycles. The van der Waals surface area contributed by atoms with Crippen LogP contribution in [0.25, 0.3) is 17.4 Å². The highest BCUT2D eigenvalue weighted by Crippen LogP contribution is 2.27. The summed E-state index contributed by atoms with van der Waals surface area (Å²) in [5.41, 5.74) is 5.85. The van der Waals surface area contributed by atoms with Crippen molar-refractivity contribution in [3.05, 3.63) is 94.5 Å². The molecule has 1 amide bonds. The van der Waals surface area contributed by atoms with Crippen LogP contribution in [-0.2, 0) is 10.5 Å². The summed E-state index contributed by atoms with van der Waals surface area (Å²) in [7, 11) is 0. The molecule has 2 aromatic heterocycles. The van der Waals surface area contributed by atoms with E-state index in [9.17, 15) is 4.79 Å². The Morgan fingerprint density at radius 1 is 1.12 bits per heavy atom. The summed E-state index contributed by atoms with van der Waals surface area (Å²) in [5, 5.41) is 9.53. The number of nitrogens with one attached hydrogen (secondary N) is 1. The fraction of sp³-hybridized carbons (Fsp3) is 0.125. The van der Waals surface area contributed by atoms with E-state index >= 15 is 0 Å². The Kier molecular flexibility index (Phi) is 6.78. The summed E-state index contributed by atoms with van der Waals surface area (Å²) < 4.78 is 7.41. The zero-order chi connectivity index (χ0) is 22.5. The number of halogens is 1. The predicted octanol–water partition coefficient (Wildman–Crippen LogP) is 5.88. The second-order valence-corrected chi connectivity index (χ2v) is 8.46. The van der Waals surface area contributed by atoms with Crippen LogP contribution < -0.4 is 5.43 Å². The highest BCUT2D eigenvalue weighted by molar-refractivity contribution is 7.98. The topological polar surface area (TPSA) is 73.0 Å². The van der Waals surface area contributed by atoms with Crippen molar-refractivity contribution in [3.63, 3.8) is 0 Å². The van der Waals surface area contributed by atoms with Gasteiger partial charge in [-0.15, -0.1) is 10.2 Å². The maximum Gasteiger partial charge on any atom is 0.263 e. The minimum Gasteiger partial charge on any atom is -0.457 e. The molecule has 0 aliphatic rings. The van der Waals surface area contributed by atoms with Crippen LogP contribution in [0.1, 0.15) is 22.7 Å². The lowest BCUT2D eigenvalue weighted by molar-refractivity contribution is -0.112. The van der Waals surface area contributed by atoms with Crippen molar-refractivity contribution >= 4 is 35.3 Å². The van der Waals surface area contributed by atoms with Gasteiger partial charge in [-0.05, 0) is 49.2 Å². The molecule has 8 heteroatoms. The van der Waals surface area contributed by atoms with E-state index in [-0.39, 0.29) is 5.91 Å². The number of amides is 1. The maximum atomic E-state index is 12.5. The number of benzene rings is 2. The van der Waals surface area contributed by atoms with E-state index in [4.69, 9.17) is 16.0 Å². The molecule has 0 aliphatic heterocycles. The normalized spacial score (nSPS) is 11.2. The van der Waals surface area contributed by atoms with Crippen LogP contribution in [0.4, 0.5) is 0 Å². The van der Waals surface area contributed by atoms with E-state index < -0.39 is 0 Å². The molecular formula is C24H21ClN4O2S. The number of hydrogen-bond donors (Lipinski definition) is 1. The van der Waals surface area contributed by atoms with Gasteiger partial charge in [0.1, 0.15) is 17.3 Å². The Balaban J connectivity index is 1.40. The number of aromatic nitrogens is 3. The number of carbonyl (C=O) groups excluding carboxylic acids is 1. The highest BCUT2D eigenvalue weighted by Gasteiger charge is 2.12. The monoisotopic (exact) mass is 464 g/mol. The Hall–Kier alpha value is -3.29. The average Bonchev–Trinajstić information content (AvgIpc) is 3.41. The predicted molar refractivity (Wildman–Crippen MR) is 128 cm³/mol. The van der Waals surface area contributed by atoms with Crippen molar-refractivity contribution < 1.29 is 9.21 Å². The molecule has 4 rings (SSSR count). The smallest absolute Gasteiger partial charge is 0.263 e. The second-order valence-electron chi connectivity index (χ2n) is 7.11. The lowest BCUT2D eigenvalue weighted by Crippen LogP contribution is -2.22. The summed E-state index contributed by atoms with van der Waals surface area (Å²) >= 11 is 7.70. The Morgan fingerprint density at radius 2 is 1.94 bits per heavy atom. The third-order valence-electron chi connectivity index (χ3n) is 4.71. The first-order valence-electron chi connectivity index (χ1n) is 9.94. The number of furan rings is 1. The molecule has 1 N–H and O–H groups in total. The van der Waals surface area contributed by atoms with E-state index in [0.29, 0.717) is 27.5 Å². The summed E-state index contributed by atoms with van der Waals surface area (Å²) in [6.45, 7) is 3.74. The van der Waals surface area contributed by atoms with Crippen molar-refractivity contribution in [2.45, 2.75) is 24.8 Å². The molecule has 162 valence electrons. The van der Waals surface area contributed by atoms with Gasteiger partial charge in [-0.3, -0.25) is 10.2 Å². The molecule has 0 spiro atoms. The van der Waals surface area contributed by atoms with E-state index in [1.807, 2.05) is 61.5 Å². The van der Waals surface area contributed by atoms with Gasteiger partial charge in [0, 0.05) is 22.4 Å². The van der Waals surface area contributed by atoms with E-state index in [1.54, 1.807) is 23.7 Å². The first kappa shape index (κ1) is 21.9. The standard InChI is InChI=1S/C24H21ClN4O2S/c1-16-8-9-19(14-21(16)25)22-12-10-20(31-22)11-13-23(30)28-29-17(2)26-27-24(29)32-15-18-6-4-3-5-7-18/h3-14H,15H2,1-2H3,(H,28,30). The Morgan fingerprint density at radius 3 is 2.72 bits per heavy atom. The van der Waals surface area contributed by atoms with E-state index in [0.717, 1.165) is 16.9 Å². The maximum absolute atomic E-state index is 12.5. The van der Waals surface area contributed by atoms with Gasteiger partial charge in [-0.25, -0.2) is 4.68 Å². The molecule has 0 radical (unpaired) electrons. The molecule has 0 aliphatic carbocycles. The second kappa shape index (κ2) is 9.89. The molecule has 0 unspecified atom stereocenters. The van der Waals surface area contributed by atoms with Gasteiger partial charge in [0.2, 0.25) is 5.16 Å². The number of carbonyl (C=O) groups is 1. The zero-order valence-electron chi connectivity index (χ0n) is 17.6.